The first-order valence-corrected chi connectivity index (χ1v) is 8.94. The van der Waals surface area contributed by atoms with Crippen LogP contribution in [-0.2, 0) is 17.8 Å². The van der Waals surface area contributed by atoms with Crippen LogP contribution in [0.2, 0.25) is 0 Å². The predicted molar refractivity (Wildman–Crippen MR) is 101 cm³/mol. The van der Waals surface area contributed by atoms with Crippen molar-refractivity contribution in [3.63, 3.8) is 0 Å². The number of benzene rings is 1. The number of hydrogen-bond acceptors (Lipinski definition) is 5. The predicted octanol–water partition coefficient (Wildman–Crippen LogP) is 2.65. The van der Waals surface area contributed by atoms with Gasteiger partial charge in [0.1, 0.15) is 24.3 Å². The summed E-state index contributed by atoms with van der Waals surface area (Å²) in [5.74, 6) is 1.57. The van der Waals surface area contributed by atoms with Crippen molar-refractivity contribution in [2.24, 2.45) is 4.99 Å². The molecule has 0 radical (unpaired) electrons. The molecule has 0 aliphatic carbocycles. The third kappa shape index (κ3) is 6.76. The van der Waals surface area contributed by atoms with E-state index in [0.29, 0.717) is 32.9 Å². The molecule has 0 aliphatic heterocycles. The summed E-state index contributed by atoms with van der Waals surface area (Å²) in [7, 11) is 0. The molecule has 7 nitrogen and oxygen atoms in total. The summed E-state index contributed by atoms with van der Waals surface area (Å²) in [4.78, 5) is 4.64. The molecule has 2 aromatic rings. The van der Waals surface area contributed by atoms with Gasteiger partial charge in [-0.25, -0.2) is 4.99 Å². The molecule has 2 N–H and O–H groups in total. The molecule has 0 unspecified atom stereocenters. The average Bonchev–Trinajstić information content (AvgIpc) is 3.16. The summed E-state index contributed by atoms with van der Waals surface area (Å²) in [6.07, 6.45) is 1.55. The van der Waals surface area contributed by atoms with E-state index in [4.69, 9.17) is 14.0 Å². The fourth-order valence-electron chi connectivity index (χ4n) is 2.29. The first kappa shape index (κ1) is 19.8. The van der Waals surface area contributed by atoms with Gasteiger partial charge in [0.05, 0.1) is 19.7 Å². The van der Waals surface area contributed by atoms with E-state index in [9.17, 15) is 0 Å². The van der Waals surface area contributed by atoms with Crippen LogP contribution >= 0.6 is 0 Å². The lowest BCUT2D eigenvalue weighted by atomic mass is 10.1. The van der Waals surface area contributed by atoms with Crippen LogP contribution < -0.4 is 15.4 Å². The Morgan fingerprint density at radius 2 is 2.08 bits per heavy atom. The van der Waals surface area contributed by atoms with Gasteiger partial charge in [0.25, 0.3) is 0 Å². The molecular weight excluding hydrogens is 332 g/mol. The smallest absolute Gasteiger partial charge is 0.191 e. The van der Waals surface area contributed by atoms with E-state index in [1.807, 2.05) is 32.9 Å². The van der Waals surface area contributed by atoms with E-state index in [0.717, 1.165) is 35.1 Å². The molecule has 0 atom stereocenters. The number of nitrogens with one attached hydrogen (secondary N) is 2. The zero-order valence-electron chi connectivity index (χ0n) is 15.7. The Hall–Kier alpha value is -2.54. The van der Waals surface area contributed by atoms with Crippen molar-refractivity contribution in [3.8, 4) is 5.75 Å². The minimum Gasteiger partial charge on any atom is -0.491 e. The van der Waals surface area contributed by atoms with E-state index in [-0.39, 0.29) is 0 Å². The summed E-state index contributed by atoms with van der Waals surface area (Å²) < 4.78 is 16.1. The maximum atomic E-state index is 5.87. The monoisotopic (exact) mass is 360 g/mol. The highest BCUT2D eigenvalue weighted by atomic mass is 16.5. The molecule has 2 rings (SSSR count). The zero-order valence-corrected chi connectivity index (χ0v) is 15.7. The molecule has 7 heteroatoms. The van der Waals surface area contributed by atoms with Crippen LogP contribution in [0.1, 0.15) is 30.7 Å². The Labute approximate surface area is 154 Å². The Bertz CT molecular complexity index is 671. The van der Waals surface area contributed by atoms with Gasteiger partial charge in [-0.1, -0.05) is 17.3 Å². The molecule has 0 saturated heterocycles. The van der Waals surface area contributed by atoms with Crippen LogP contribution in [0.25, 0.3) is 0 Å². The van der Waals surface area contributed by atoms with Crippen molar-refractivity contribution in [1.82, 2.24) is 15.8 Å². The quantitative estimate of drug-likeness (QED) is 0.385. The van der Waals surface area contributed by atoms with Gasteiger partial charge in [0.15, 0.2) is 5.96 Å². The Morgan fingerprint density at radius 1 is 1.19 bits per heavy atom. The summed E-state index contributed by atoms with van der Waals surface area (Å²) in [5, 5.41) is 10.4. The average molecular weight is 360 g/mol. The Kier molecular flexibility index (Phi) is 8.48. The molecule has 1 heterocycles. The normalized spacial score (nSPS) is 11.4. The van der Waals surface area contributed by atoms with Crippen LogP contribution in [0.15, 0.2) is 40.0 Å². The van der Waals surface area contributed by atoms with Crippen LogP contribution in [0, 0.1) is 6.92 Å². The van der Waals surface area contributed by atoms with Crippen molar-refractivity contribution >= 4 is 5.96 Å². The molecular formula is C19H28N4O3. The lowest BCUT2D eigenvalue weighted by Gasteiger charge is -2.13. The number of rotatable bonds is 10. The molecule has 0 bridgehead atoms. The van der Waals surface area contributed by atoms with Gasteiger partial charge in [0, 0.05) is 24.8 Å². The fraction of sp³-hybridized carbons (Fsp3) is 0.474. The second-order valence-corrected chi connectivity index (χ2v) is 5.70. The first-order chi connectivity index (χ1) is 12.7. The van der Waals surface area contributed by atoms with E-state index >= 15 is 0 Å². The summed E-state index contributed by atoms with van der Waals surface area (Å²) >= 11 is 0. The largest absolute Gasteiger partial charge is 0.491 e. The summed E-state index contributed by atoms with van der Waals surface area (Å²) in [5.41, 5.74) is 3.01. The van der Waals surface area contributed by atoms with Gasteiger partial charge in [0.2, 0.25) is 0 Å². The molecule has 0 amide bonds. The maximum Gasteiger partial charge on any atom is 0.191 e. The molecule has 0 fully saturated rings. The third-order valence-electron chi connectivity index (χ3n) is 3.59. The number of ether oxygens (including phenoxy) is 2. The van der Waals surface area contributed by atoms with Gasteiger partial charge >= 0.3 is 0 Å². The second-order valence-electron chi connectivity index (χ2n) is 5.70. The number of aryl methyl sites for hydroxylation is 1. The lowest BCUT2D eigenvalue weighted by Crippen LogP contribution is -2.36. The zero-order chi connectivity index (χ0) is 18.6. The van der Waals surface area contributed by atoms with E-state index in [1.165, 1.54) is 0 Å². The standard InChI is InChI=1S/C19H28N4O3/c1-4-20-19(22-14-17-8-9-26-23-17)21-13-16-7-6-15(3)12-18(16)25-11-10-24-5-2/h6-9,12H,4-5,10-11,13-14H2,1-3H3,(H2,20,21,22). The van der Waals surface area contributed by atoms with Crippen LogP contribution in [0.4, 0.5) is 0 Å². The van der Waals surface area contributed by atoms with Gasteiger partial charge < -0.3 is 24.6 Å². The molecule has 0 aliphatic rings. The van der Waals surface area contributed by atoms with E-state index < -0.39 is 0 Å². The van der Waals surface area contributed by atoms with Crippen molar-refractivity contribution < 1.29 is 14.0 Å². The number of guanidine groups is 1. The highest BCUT2D eigenvalue weighted by Gasteiger charge is 2.06. The van der Waals surface area contributed by atoms with Gasteiger partial charge in [-0.2, -0.15) is 0 Å². The molecule has 26 heavy (non-hydrogen) atoms. The van der Waals surface area contributed by atoms with Crippen molar-refractivity contribution in [2.45, 2.75) is 33.9 Å². The fourth-order valence-corrected chi connectivity index (χ4v) is 2.29. The minimum atomic E-state index is 0.512. The third-order valence-corrected chi connectivity index (χ3v) is 3.59. The molecule has 1 aromatic heterocycles. The number of hydrogen-bond donors (Lipinski definition) is 2. The van der Waals surface area contributed by atoms with Crippen LogP contribution in [0.3, 0.4) is 0 Å². The topological polar surface area (TPSA) is 80.9 Å². The van der Waals surface area contributed by atoms with E-state index in [1.54, 1.807) is 6.26 Å². The number of nitrogens with zero attached hydrogens (tertiary/aromatic N) is 2. The molecule has 0 saturated carbocycles. The van der Waals surface area contributed by atoms with Gasteiger partial charge in [-0.15, -0.1) is 0 Å². The number of aromatic nitrogens is 1. The van der Waals surface area contributed by atoms with Crippen molar-refractivity contribution in [1.29, 1.82) is 0 Å². The van der Waals surface area contributed by atoms with Crippen molar-refractivity contribution in [3.05, 3.63) is 47.3 Å². The van der Waals surface area contributed by atoms with E-state index in [2.05, 4.69) is 32.9 Å². The lowest BCUT2D eigenvalue weighted by molar-refractivity contribution is 0.110. The highest BCUT2D eigenvalue weighted by molar-refractivity contribution is 5.79. The van der Waals surface area contributed by atoms with Crippen molar-refractivity contribution in [2.75, 3.05) is 26.4 Å². The maximum absolute atomic E-state index is 5.87. The van der Waals surface area contributed by atoms with Gasteiger partial charge in [-0.3, -0.25) is 0 Å². The summed E-state index contributed by atoms with van der Waals surface area (Å²) in [6, 6.07) is 7.97. The van der Waals surface area contributed by atoms with Crippen LogP contribution in [-0.4, -0.2) is 37.5 Å². The summed E-state index contributed by atoms with van der Waals surface area (Å²) in [6.45, 7) is 9.68. The molecule has 142 valence electrons. The van der Waals surface area contributed by atoms with Gasteiger partial charge in [-0.05, 0) is 32.4 Å². The van der Waals surface area contributed by atoms with Crippen LogP contribution in [0.5, 0.6) is 5.75 Å². The minimum absolute atomic E-state index is 0.512. The number of aliphatic imine (C=N–C) groups is 1. The Morgan fingerprint density at radius 3 is 2.81 bits per heavy atom. The second kappa shape index (κ2) is 11.1. The Balaban J connectivity index is 1.99. The molecule has 0 spiro atoms. The highest BCUT2D eigenvalue weighted by Crippen LogP contribution is 2.21. The molecule has 1 aromatic carbocycles. The first-order valence-electron chi connectivity index (χ1n) is 8.94. The SMILES string of the molecule is CCNC(=NCc1ccc(C)cc1OCCOCC)NCc1ccon1.